The number of nitrogens with zero attached hydrogens (tertiary/aromatic N) is 1. The lowest BCUT2D eigenvalue weighted by molar-refractivity contribution is -0.148. The van der Waals surface area contributed by atoms with Crippen molar-refractivity contribution in [1.82, 2.24) is 15.6 Å². The van der Waals surface area contributed by atoms with E-state index in [4.69, 9.17) is 0 Å². The average molecular weight is 283 g/mol. The van der Waals surface area contributed by atoms with Crippen LogP contribution in [0.1, 0.15) is 31.4 Å². The first-order valence-electron chi connectivity index (χ1n) is 6.25. The van der Waals surface area contributed by atoms with Gasteiger partial charge in [0.2, 0.25) is 0 Å². The lowest BCUT2D eigenvalue weighted by Crippen LogP contribution is -2.44. The normalized spacial score (nSPS) is 17.1. The number of carboxylic acids is 1. The van der Waals surface area contributed by atoms with Crippen LogP contribution in [0.4, 0.5) is 4.79 Å². The number of carboxylic acid groups (broad SMARTS) is 1. The number of nitrogens with one attached hydrogen (secondary N) is 2. The number of urea groups is 1. The Labute approximate surface area is 115 Å². The van der Waals surface area contributed by atoms with Gasteiger partial charge in [0.05, 0.1) is 23.2 Å². The molecule has 3 N–H and O–H groups in total. The van der Waals surface area contributed by atoms with Crippen molar-refractivity contribution < 1.29 is 14.7 Å². The van der Waals surface area contributed by atoms with Crippen LogP contribution in [0.15, 0.2) is 10.9 Å². The molecule has 104 valence electrons. The van der Waals surface area contributed by atoms with E-state index < -0.39 is 11.4 Å². The third-order valence-electron chi connectivity index (χ3n) is 3.52. The molecule has 0 spiro atoms. The first-order valence-corrected chi connectivity index (χ1v) is 7.19. The van der Waals surface area contributed by atoms with E-state index in [9.17, 15) is 14.7 Å². The van der Waals surface area contributed by atoms with Gasteiger partial charge in [-0.25, -0.2) is 9.78 Å². The molecule has 1 aliphatic rings. The SMILES string of the molecule is O=C(NCc1cscn1)NCC1(C(=O)O)CCCC1. The Morgan fingerprint density at radius 2 is 2.11 bits per heavy atom. The van der Waals surface area contributed by atoms with Crippen molar-refractivity contribution in [3.63, 3.8) is 0 Å². The Morgan fingerprint density at radius 1 is 1.37 bits per heavy atom. The first-order chi connectivity index (χ1) is 9.12. The highest BCUT2D eigenvalue weighted by Crippen LogP contribution is 2.37. The van der Waals surface area contributed by atoms with E-state index in [0.717, 1.165) is 18.5 Å². The van der Waals surface area contributed by atoms with Crippen LogP contribution in [-0.4, -0.2) is 28.6 Å². The third kappa shape index (κ3) is 3.44. The Morgan fingerprint density at radius 3 is 2.68 bits per heavy atom. The standard InChI is InChI=1S/C12H17N3O3S/c16-10(17)12(3-1-2-4-12)7-14-11(18)13-5-9-6-19-8-15-9/h6,8H,1-5,7H2,(H,16,17)(H2,13,14,18). The highest BCUT2D eigenvalue weighted by atomic mass is 32.1. The number of amides is 2. The Kier molecular flexibility index (Phi) is 4.36. The van der Waals surface area contributed by atoms with Crippen LogP contribution >= 0.6 is 11.3 Å². The van der Waals surface area contributed by atoms with Crippen molar-refractivity contribution in [2.45, 2.75) is 32.2 Å². The summed E-state index contributed by atoms with van der Waals surface area (Å²) in [5.74, 6) is -0.815. The lowest BCUT2D eigenvalue weighted by Gasteiger charge is -2.23. The molecule has 2 amide bonds. The van der Waals surface area contributed by atoms with E-state index in [-0.39, 0.29) is 12.6 Å². The number of carbonyl (C=O) groups is 2. The van der Waals surface area contributed by atoms with Crippen LogP contribution in [-0.2, 0) is 11.3 Å². The van der Waals surface area contributed by atoms with Crippen molar-refractivity contribution >= 4 is 23.3 Å². The molecule has 0 saturated heterocycles. The van der Waals surface area contributed by atoms with Crippen LogP contribution in [0.3, 0.4) is 0 Å². The van der Waals surface area contributed by atoms with Crippen molar-refractivity contribution in [1.29, 1.82) is 0 Å². The van der Waals surface area contributed by atoms with Gasteiger partial charge in [-0.15, -0.1) is 11.3 Å². The number of thiazole rings is 1. The zero-order valence-corrected chi connectivity index (χ0v) is 11.3. The molecule has 7 heteroatoms. The highest BCUT2D eigenvalue weighted by Gasteiger charge is 2.41. The van der Waals surface area contributed by atoms with Gasteiger partial charge in [0.1, 0.15) is 0 Å². The molecule has 0 unspecified atom stereocenters. The maximum atomic E-state index is 11.6. The second kappa shape index (κ2) is 6.01. The minimum atomic E-state index is -0.815. The number of aliphatic carboxylic acids is 1. The molecule has 1 aromatic rings. The molecule has 1 aliphatic carbocycles. The molecule has 6 nitrogen and oxygen atoms in total. The smallest absolute Gasteiger partial charge is 0.315 e. The average Bonchev–Trinajstić information content (AvgIpc) is 3.05. The summed E-state index contributed by atoms with van der Waals surface area (Å²) in [7, 11) is 0. The fourth-order valence-electron chi connectivity index (χ4n) is 2.33. The highest BCUT2D eigenvalue weighted by molar-refractivity contribution is 7.07. The molecule has 0 bridgehead atoms. The zero-order chi connectivity index (χ0) is 13.7. The van der Waals surface area contributed by atoms with Crippen LogP contribution in [0.2, 0.25) is 0 Å². The van der Waals surface area contributed by atoms with E-state index in [1.807, 2.05) is 5.38 Å². The monoisotopic (exact) mass is 283 g/mol. The van der Waals surface area contributed by atoms with E-state index in [1.165, 1.54) is 11.3 Å². The summed E-state index contributed by atoms with van der Waals surface area (Å²) in [5.41, 5.74) is 1.72. The summed E-state index contributed by atoms with van der Waals surface area (Å²) >= 11 is 1.47. The maximum absolute atomic E-state index is 11.6. The lowest BCUT2D eigenvalue weighted by atomic mass is 9.86. The second-order valence-corrected chi connectivity index (χ2v) is 5.53. The first kappa shape index (κ1) is 13.8. The van der Waals surface area contributed by atoms with Gasteiger partial charge < -0.3 is 15.7 Å². The van der Waals surface area contributed by atoms with Gasteiger partial charge >= 0.3 is 12.0 Å². The Hall–Kier alpha value is -1.63. The zero-order valence-electron chi connectivity index (χ0n) is 10.5. The van der Waals surface area contributed by atoms with Crippen LogP contribution in [0.5, 0.6) is 0 Å². The van der Waals surface area contributed by atoms with Crippen molar-refractivity contribution in [3.8, 4) is 0 Å². The van der Waals surface area contributed by atoms with Crippen LogP contribution in [0, 0.1) is 5.41 Å². The molecule has 0 radical (unpaired) electrons. The minimum Gasteiger partial charge on any atom is -0.481 e. The van der Waals surface area contributed by atoms with Crippen molar-refractivity contribution in [3.05, 3.63) is 16.6 Å². The molecule has 1 aromatic heterocycles. The van der Waals surface area contributed by atoms with E-state index in [0.29, 0.717) is 19.4 Å². The minimum absolute atomic E-state index is 0.186. The Balaban J connectivity index is 1.77. The van der Waals surface area contributed by atoms with Gasteiger partial charge in [0, 0.05) is 11.9 Å². The van der Waals surface area contributed by atoms with Crippen LogP contribution < -0.4 is 10.6 Å². The molecule has 19 heavy (non-hydrogen) atoms. The number of rotatable bonds is 5. The van der Waals surface area contributed by atoms with E-state index in [2.05, 4.69) is 15.6 Å². The van der Waals surface area contributed by atoms with Crippen LogP contribution in [0.25, 0.3) is 0 Å². The molecule has 1 saturated carbocycles. The second-order valence-electron chi connectivity index (χ2n) is 4.81. The summed E-state index contributed by atoms with van der Waals surface area (Å²) in [6.07, 6.45) is 3.09. The summed E-state index contributed by atoms with van der Waals surface area (Å²) in [4.78, 5) is 27.0. The number of aromatic nitrogens is 1. The van der Waals surface area contributed by atoms with Gasteiger partial charge in [0.15, 0.2) is 0 Å². The summed E-state index contributed by atoms with van der Waals surface area (Å²) in [6, 6.07) is -0.347. The Bertz CT molecular complexity index is 441. The molecule has 2 rings (SSSR count). The van der Waals surface area contributed by atoms with Gasteiger partial charge in [-0.05, 0) is 12.8 Å². The summed E-state index contributed by atoms with van der Waals surface area (Å²) in [6.45, 7) is 0.542. The van der Waals surface area contributed by atoms with Gasteiger partial charge in [0.25, 0.3) is 0 Å². The van der Waals surface area contributed by atoms with Gasteiger partial charge in [-0.1, -0.05) is 12.8 Å². The van der Waals surface area contributed by atoms with Crippen molar-refractivity contribution in [2.75, 3.05) is 6.54 Å². The molecule has 0 aliphatic heterocycles. The molecular weight excluding hydrogens is 266 g/mol. The molecular formula is C12H17N3O3S. The predicted octanol–water partition coefficient (Wildman–Crippen LogP) is 1.59. The predicted molar refractivity (Wildman–Crippen MR) is 70.9 cm³/mol. The molecule has 0 aromatic carbocycles. The third-order valence-corrected chi connectivity index (χ3v) is 4.15. The summed E-state index contributed by atoms with van der Waals surface area (Å²) in [5, 5.41) is 16.5. The summed E-state index contributed by atoms with van der Waals surface area (Å²) < 4.78 is 0. The molecule has 1 fully saturated rings. The number of hydrogen-bond donors (Lipinski definition) is 3. The molecule has 1 heterocycles. The van der Waals surface area contributed by atoms with E-state index in [1.54, 1.807) is 5.51 Å². The van der Waals surface area contributed by atoms with E-state index >= 15 is 0 Å². The number of carbonyl (C=O) groups excluding carboxylic acids is 1. The topological polar surface area (TPSA) is 91.3 Å². The van der Waals surface area contributed by atoms with Gasteiger partial charge in [-0.3, -0.25) is 4.79 Å². The van der Waals surface area contributed by atoms with Gasteiger partial charge in [-0.2, -0.15) is 0 Å². The molecule has 0 atom stereocenters. The number of hydrogen-bond acceptors (Lipinski definition) is 4. The maximum Gasteiger partial charge on any atom is 0.315 e. The largest absolute Gasteiger partial charge is 0.481 e. The fourth-order valence-corrected chi connectivity index (χ4v) is 2.88. The quantitative estimate of drug-likeness (QED) is 0.765. The van der Waals surface area contributed by atoms with Crippen molar-refractivity contribution in [2.24, 2.45) is 5.41 Å². The fraction of sp³-hybridized carbons (Fsp3) is 0.583.